The van der Waals surface area contributed by atoms with Gasteiger partial charge in [-0.05, 0) is 80.4 Å². The Kier molecular flexibility index (Phi) is 7.67. The van der Waals surface area contributed by atoms with Gasteiger partial charge in [0.05, 0.1) is 0 Å². The summed E-state index contributed by atoms with van der Waals surface area (Å²) in [5.41, 5.74) is 5.67. The lowest BCUT2D eigenvalue weighted by molar-refractivity contribution is 0.629. The Morgan fingerprint density at radius 3 is 2.57 bits per heavy atom. The Morgan fingerprint density at radius 1 is 1.03 bits per heavy atom. The SMILES string of the molecule is CCc1ccccc1NC(=S)NC(=NCCc1c[nH]c2ccc(F)cc12)Nc1nc(C)cc(C)n1. The quantitative estimate of drug-likeness (QED) is 0.168. The second-order valence-electron chi connectivity index (χ2n) is 8.17. The number of fused-ring (bicyclic) bond motifs is 1. The van der Waals surface area contributed by atoms with E-state index in [9.17, 15) is 4.39 Å². The number of guanidine groups is 1. The number of hydrogen-bond acceptors (Lipinski definition) is 4. The second-order valence-corrected chi connectivity index (χ2v) is 8.58. The van der Waals surface area contributed by atoms with Gasteiger partial charge in [0.15, 0.2) is 5.11 Å². The highest BCUT2D eigenvalue weighted by Gasteiger charge is 2.10. The van der Waals surface area contributed by atoms with Crippen LogP contribution in [0.3, 0.4) is 0 Å². The number of aliphatic imine (C=N–C) groups is 1. The number of aryl methyl sites for hydroxylation is 3. The zero-order valence-corrected chi connectivity index (χ0v) is 20.8. The van der Waals surface area contributed by atoms with Crippen molar-refractivity contribution < 1.29 is 4.39 Å². The van der Waals surface area contributed by atoms with Crippen LogP contribution in [-0.2, 0) is 12.8 Å². The van der Waals surface area contributed by atoms with Gasteiger partial charge in [0, 0.05) is 40.7 Å². The van der Waals surface area contributed by atoms with Crippen LogP contribution >= 0.6 is 12.2 Å². The number of H-pyrrole nitrogens is 1. The smallest absolute Gasteiger partial charge is 0.229 e. The molecule has 0 unspecified atom stereocenters. The molecule has 0 saturated carbocycles. The number of rotatable bonds is 6. The lowest BCUT2D eigenvalue weighted by atomic mass is 10.1. The summed E-state index contributed by atoms with van der Waals surface area (Å²) in [6.45, 7) is 6.36. The standard InChI is InChI=1S/C26H28FN7S/c1-4-18-7-5-6-8-22(18)32-26(35)34-24(33-25-30-16(2)13-17(3)31-25)28-12-11-19-15-29-23-10-9-20(27)14-21(19)23/h5-10,13-15,29H,4,11-12H2,1-3H3,(H3,28,30,31,32,33,34,35). The van der Waals surface area contributed by atoms with Crippen molar-refractivity contribution in [3.05, 3.63) is 83.1 Å². The van der Waals surface area contributed by atoms with Gasteiger partial charge in [-0.3, -0.25) is 10.3 Å². The minimum Gasteiger partial charge on any atom is -0.361 e. The van der Waals surface area contributed by atoms with Crippen LogP contribution in [0.4, 0.5) is 16.0 Å². The van der Waals surface area contributed by atoms with Gasteiger partial charge in [-0.2, -0.15) is 0 Å². The van der Waals surface area contributed by atoms with Crippen molar-refractivity contribution >= 4 is 45.8 Å². The van der Waals surface area contributed by atoms with Gasteiger partial charge in [0.2, 0.25) is 11.9 Å². The number of para-hydroxylation sites is 1. The molecule has 0 aliphatic heterocycles. The molecule has 0 spiro atoms. The maximum Gasteiger partial charge on any atom is 0.229 e. The number of nitrogens with zero attached hydrogens (tertiary/aromatic N) is 3. The molecule has 180 valence electrons. The van der Waals surface area contributed by atoms with E-state index in [0.717, 1.165) is 45.5 Å². The summed E-state index contributed by atoms with van der Waals surface area (Å²) in [6.07, 6.45) is 3.39. The van der Waals surface area contributed by atoms with Crippen LogP contribution in [0, 0.1) is 19.7 Å². The molecule has 9 heteroatoms. The van der Waals surface area contributed by atoms with Crippen molar-refractivity contribution in [1.82, 2.24) is 20.3 Å². The summed E-state index contributed by atoms with van der Waals surface area (Å²) < 4.78 is 13.7. The molecule has 35 heavy (non-hydrogen) atoms. The van der Waals surface area contributed by atoms with E-state index in [1.165, 1.54) is 12.1 Å². The number of aromatic nitrogens is 3. The molecule has 0 aliphatic carbocycles. The predicted octanol–water partition coefficient (Wildman–Crippen LogP) is 5.27. The Bertz CT molecular complexity index is 1360. The molecule has 7 nitrogen and oxygen atoms in total. The fourth-order valence-corrected chi connectivity index (χ4v) is 4.06. The lowest BCUT2D eigenvalue weighted by Crippen LogP contribution is -2.39. The molecule has 2 aromatic heterocycles. The Hall–Kier alpha value is -3.85. The first kappa shape index (κ1) is 24.3. The van der Waals surface area contributed by atoms with E-state index < -0.39 is 0 Å². The third kappa shape index (κ3) is 6.39. The van der Waals surface area contributed by atoms with Crippen molar-refractivity contribution in [3.8, 4) is 0 Å². The fraction of sp³-hybridized carbons (Fsp3) is 0.231. The highest BCUT2D eigenvalue weighted by molar-refractivity contribution is 7.80. The van der Waals surface area contributed by atoms with Gasteiger partial charge < -0.3 is 15.6 Å². The maximum atomic E-state index is 13.7. The van der Waals surface area contributed by atoms with Crippen LogP contribution in [0.15, 0.2) is 59.7 Å². The number of benzene rings is 2. The van der Waals surface area contributed by atoms with Crippen molar-refractivity contribution in [1.29, 1.82) is 0 Å². The molecular formula is C26H28FN7S. The highest BCUT2D eigenvalue weighted by atomic mass is 32.1. The zero-order chi connectivity index (χ0) is 24.8. The Morgan fingerprint density at radius 2 is 1.80 bits per heavy atom. The van der Waals surface area contributed by atoms with Crippen molar-refractivity contribution in [2.24, 2.45) is 4.99 Å². The molecule has 0 atom stereocenters. The minimum absolute atomic E-state index is 0.262. The van der Waals surface area contributed by atoms with Crippen molar-refractivity contribution in [2.45, 2.75) is 33.6 Å². The van der Waals surface area contributed by atoms with Crippen LogP contribution in [0.1, 0.15) is 29.4 Å². The van der Waals surface area contributed by atoms with Gasteiger partial charge in [0.1, 0.15) is 5.82 Å². The zero-order valence-electron chi connectivity index (χ0n) is 19.9. The molecule has 4 N–H and O–H groups in total. The summed E-state index contributed by atoms with van der Waals surface area (Å²) in [6, 6.07) is 14.6. The van der Waals surface area contributed by atoms with Gasteiger partial charge >= 0.3 is 0 Å². The predicted molar refractivity (Wildman–Crippen MR) is 145 cm³/mol. The number of nitrogens with one attached hydrogen (secondary N) is 4. The second kappa shape index (κ2) is 11.1. The molecular weight excluding hydrogens is 461 g/mol. The van der Waals surface area contributed by atoms with E-state index in [1.54, 1.807) is 6.07 Å². The fourth-order valence-electron chi connectivity index (χ4n) is 3.86. The summed E-state index contributed by atoms with van der Waals surface area (Å²) in [7, 11) is 0. The molecule has 0 radical (unpaired) electrons. The summed E-state index contributed by atoms with van der Waals surface area (Å²) in [5.74, 6) is 0.591. The molecule has 0 fully saturated rings. The van der Waals surface area contributed by atoms with Gasteiger partial charge in [0.25, 0.3) is 0 Å². The number of anilines is 2. The minimum atomic E-state index is -0.262. The molecule has 0 saturated heterocycles. The van der Waals surface area contributed by atoms with Crippen LogP contribution in [0.2, 0.25) is 0 Å². The first-order valence-corrected chi connectivity index (χ1v) is 11.9. The average molecular weight is 490 g/mol. The Balaban J connectivity index is 1.52. The van der Waals surface area contributed by atoms with Crippen LogP contribution in [0.25, 0.3) is 10.9 Å². The molecule has 0 aliphatic rings. The number of aromatic amines is 1. The van der Waals surface area contributed by atoms with E-state index in [1.807, 2.05) is 44.3 Å². The van der Waals surface area contributed by atoms with E-state index in [4.69, 9.17) is 12.2 Å². The van der Waals surface area contributed by atoms with Gasteiger partial charge in [-0.1, -0.05) is 25.1 Å². The third-order valence-electron chi connectivity index (χ3n) is 5.47. The number of hydrogen-bond donors (Lipinski definition) is 4. The Labute approximate surface area is 209 Å². The molecule has 2 heterocycles. The normalized spacial score (nSPS) is 11.5. The van der Waals surface area contributed by atoms with Gasteiger partial charge in [-0.25, -0.2) is 14.4 Å². The molecule has 4 rings (SSSR count). The average Bonchev–Trinajstić information content (AvgIpc) is 3.20. The highest BCUT2D eigenvalue weighted by Crippen LogP contribution is 2.20. The molecule has 0 amide bonds. The summed E-state index contributed by atoms with van der Waals surface area (Å²) >= 11 is 5.56. The van der Waals surface area contributed by atoms with E-state index >= 15 is 0 Å². The van der Waals surface area contributed by atoms with E-state index in [0.29, 0.717) is 30.0 Å². The van der Waals surface area contributed by atoms with E-state index in [-0.39, 0.29) is 5.82 Å². The third-order valence-corrected chi connectivity index (χ3v) is 5.68. The first-order valence-electron chi connectivity index (χ1n) is 11.5. The number of halogens is 1. The lowest BCUT2D eigenvalue weighted by Gasteiger charge is -2.16. The summed E-state index contributed by atoms with van der Waals surface area (Å²) in [5, 5.41) is 10.8. The molecule has 0 bridgehead atoms. The van der Waals surface area contributed by atoms with Crippen molar-refractivity contribution in [3.63, 3.8) is 0 Å². The largest absolute Gasteiger partial charge is 0.361 e. The summed E-state index contributed by atoms with van der Waals surface area (Å²) in [4.78, 5) is 16.8. The maximum absolute atomic E-state index is 13.7. The van der Waals surface area contributed by atoms with Crippen molar-refractivity contribution in [2.75, 3.05) is 17.2 Å². The first-order chi connectivity index (χ1) is 16.9. The van der Waals surface area contributed by atoms with E-state index in [2.05, 4.69) is 48.9 Å². The number of thiocarbonyl (C=S) groups is 1. The van der Waals surface area contributed by atoms with Gasteiger partial charge in [-0.15, -0.1) is 0 Å². The monoisotopic (exact) mass is 489 g/mol. The van der Waals surface area contributed by atoms with Crippen LogP contribution in [-0.4, -0.2) is 32.6 Å². The van der Waals surface area contributed by atoms with Crippen LogP contribution < -0.4 is 16.0 Å². The van der Waals surface area contributed by atoms with Crippen LogP contribution in [0.5, 0.6) is 0 Å². The molecule has 2 aromatic carbocycles. The molecule has 4 aromatic rings. The topological polar surface area (TPSA) is 90.0 Å².